The Kier molecular flexibility index (Phi) is 6.21. The Morgan fingerprint density at radius 2 is 2.06 bits per heavy atom. The zero-order valence-corrected chi connectivity index (χ0v) is 17.3. The first-order chi connectivity index (χ1) is 15.0. The monoisotopic (exact) mass is 429 g/mol. The Balaban J connectivity index is 1.47. The van der Waals surface area contributed by atoms with Crippen LogP contribution in [0.4, 0.5) is 0 Å². The molecule has 1 aromatic carbocycles. The van der Waals surface area contributed by atoms with Crippen molar-refractivity contribution in [2.75, 3.05) is 19.8 Å². The average Bonchev–Trinajstić information content (AvgIpc) is 3.31. The molecule has 1 fully saturated rings. The number of aliphatic hydroxyl groups is 2. The molecule has 0 bridgehead atoms. The van der Waals surface area contributed by atoms with Crippen molar-refractivity contribution in [3.05, 3.63) is 53.1 Å². The van der Waals surface area contributed by atoms with Gasteiger partial charge in [0.2, 0.25) is 0 Å². The number of carbonyl (C=O) groups excluding carboxylic acids is 1. The molecule has 4 atom stereocenters. The first-order valence-corrected chi connectivity index (χ1v) is 10.3. The lowest BCUT2D eigenvalue weighted by molar-refractivity contribution is -0.147. The van der Waals surface area contributed by atoms with Crippen molar-refractivity contribution in [1.82, 2.24) is 14.5 Å². The summed E-state index contributed by atoms with van der Waals surface area (Å²) in [6, 6.07) is 10.3. The van der Waals surface area contributed by atoms with Crippen LogP contribution in [0.2, 0.25) is 0 Å². The Bertz CT molecular complexity index is 1040. The number of rotatable bonds is 7. The molecular weight excluding hydrogens is 402 g/mol. The van der Waals surface area contributed by atoms with Gasteiger partial charge in [0, 0.05) is 13.5 Å². The lowest BCUT2D eigenvalue weighted by Gasteiger charge is -2.25. The molecule has 0 saturated carbocycles. The SMILES string of the molecule is CC(=O)OC[C@H]1O[C@@H](n2cnc3c2=NCN(CCCc2ccccc2)C=3N)[C@H](O)[C@@H]1O. The van der Waals surface area contributed by atoms with Gasteiger partial charge in [0.05, 0.1) is 6.33 Å². The quantitative estimate of drug-likeness (QED) is 0.458. The van der Waals surface area contributed by atoms with Crippen molar-refractivity contribution in [2.24, 2.45) is 10.7 Å². The lowest BCUT2D eigenvalue weighted by atomic mass is 10.1. The molecule has 10 heteroatoms. The number of ether oxygens (including phenoxy) is 2. The highest BCUT2D eigenvalue weighted by atomic mass is 16.6. The van der Waals surface area contributed by atoms with E-state index in [0.717, 1.165) is 19.4 Å². The van der Waals surface area contributed by atoms with Gasteiger partial charge in [0.1, 0.15) is 42.8 Å². The van der Waals surface area contributed by atoms with Gasteiger partial charge in [-0.3, -0.25) is 9.36 Å². The van der Waals surface area contributed by atoms with E-state index in [1.807, 2.05) is 23.1 Å². The van der Waals surface area contributed by atoms with E-state index in [9.17, 15) is 15.0 Å². The second kappa shape index (κ2) is 9.04. The van der Waals surface area contributed by atoms with E-state index in [-0.39, 0.29) is 6.61 Å². The molecule has 31 heavy (non-hydrogen) atoms. The van der Waals surface area contributed by atoms with Gasteiger partial charge in [0.15, 0.2) is 11.7 Å². The number of aromatic nitrogens is 2. The third-order valence-corrected chi connectivity index (χ3v) is 5.54. The largest absolute Gasteiger partial charge is 0.463 e. The molecule has 4 N–H and O–H groups in total. The second-order valence-electron chi connectivity index (χ2n) is 7.71. The van der Waals surface area contributed by atoms with E-state index in [1.54, 1.807) is 4.57 Å². The highest BCUT2D eigenvalue weighted by Gasteiger charge is 2.44. The minimum atomic E-state index is -1.22. The number of benzene rings is 1. The molecule has 2 aliphatic heterocycles. The van der Waals surface area contributed by atoms with Crippen molar-refractivity contribution in [2.45, 2.75) is 44.3 Å². The predicted molar refractivity (Wildman–Crippen MR) is 109 cm³/mol. The molecule has 0 spiro atoms. The summed E-state index contributed by atoms with van der Waals surface area (Å²) in [5, 5.41) is 21.2. The van der Waals surface area contributed by atoms with Gasteiger partial charge < -0.3 is 30.3 Å². The van der Waals surface area contributed by atoms with Crippen LogP contribution in [0.5, 0.6) is 0 Å². The van der Waals surface area contributed by atoms with Crippen LogP contribution in [0.25, 0.3) is 5.82 Å². The molecule has 2 aromatic rings. The molecule has 0 unspecified atom stereocenters. The summed E-state index contributed by atoms with van der Waals surface area (Å²) < 4.78 is 12.2. The second-order valence-corrected chi connectivity index (χ2v) is 7.71. The van der Waals surface area contributed by atoms with Crippen LogP contribution in [0, 0.1) is 0 Å². The van der Waals surface area contributed by atoms with Gasteiger partial charge >= 0.3 is 5.97 Å². The van der Waals surface area contributed by atoms with E-state index in [4.69, 9.17) is 15.2 Å². The third-order valence-electron chi connectivity index (χ3n) is 5.54. The van der Waals surface area contributed by atoms with Crippen molar-refractivity contribution in [3.63, 3.8) is 0 Å². The van der Waals surface area contributed by atoms with Gasteiger partial charge in [0.25, 0.3) is 0 Å². The number of nitrogens with zero attached hydrogens (tertiary/aromatic N) is 4. The highest BCUT2D eigenvalue weighted by molar-refractivity contribution is 5.65. The zero-order valence-electron chi connectivity index (χ0n) is 17.3. The number of hydrogen-bond donors (Lipinski definition) is 3. The molecule has 2 aliphatic rings. The van der Waals surface area contributed by atoms with Crippen molar-refractivity contribution in [3.8, 4) is 0 Å². The number of esters is 1. The molecule has 1 saturated heterocycles. The molecule has 0 amide bonds. The molecular formula is C21H27N5O5. The Morgan fingerprint density at radius 3 is 2.81 bits per heavy atom. The Morgan fingerprint density at radius 1 is 1.29 bits per heavy atom. The van der Waals surface area contributed by atoms with Crippen LogP contribution >= 0.6 is 0 Å². The molecule has 10 nitrogen and oxygen atoms in total. The normalized spacial score (nSPS) is 25.3. The summed E-state index contributed by atoms with van der Waals surface area (Å²) in [5.74, 6) is 0.0276. The number of aryl methyl sites for hydroxylation is 1. The van der Waals surface area contributed by atoms with Crippen LogP contribution < -0.4 is 16.6 Å². The number of fused-ring (bicyclic) bond motifs is 1. The van der Waals surface area contributed by atoms with E-state index in [2.05, 4.69) is 22.1 Å². The van der Waals surface area contributed by atoms with Crippen LogP contribution in [0.3, 0.4) is 0 Å². The van der Waals surface area contributed by atoms with Crippen molar-refractivity contribution < 1.29 is 24.5 Å². The minimum Gasteiger partial charge on any atom is -0.463 e. The summed E-state index contributed by atoms with van der Waals surface area (Å²) in [6.07, 6.45) is -0.834. The molecule has 0 radical (unpaired) electrons. The maximum Gasteiger partial charge on any atom is 0.302 e. The van der Waals surface area contributed by atoms with Crippen LogP contribution in [0.15, 0.2) is 41.7 Å². The predicted octanol–water partition coefficient (Wildman–Crippen LogP) is -1.38. The topological polar surface area (TPSA) is 135 Å². The number of nitrogens with two attached hydrogens (primary N) is 1. The Hall–Kier alpha value is -2.95. The maximum atomic E-state index is 11.0. The van der Waals surface area contributed by atoms with Gasteiger partial charge in [-0.25, -0.2) is 9.98 Å². The van der Waals surface area contributed by atoms with Gasteiger partial charge in [-0.2, -0.15) is 0 Å². The minimum absolute atomic E-state index is 0.151. The molecule has 1 aromatic heterocycles. The fourth-order valence-corrected chi connectivity index (χ4v) is 3.86. The lowest BCUT2D eigenvalue weighted by Crippen LogP contribution is -2.47. The smallest absolute Gasteiger partial charge is 0.302 e. The summed E-state index contributed by atoms with van der Waals surface area (Å²) in [6.45, 7) is 2.22. The van der Waals surface area contributed by atoms with Gasteiger partial charge in [-0.05, 0) is 18.4 Å². The zero-order chi connectivity index (χ0) is 22.0. The molecule has 166 valence electrons. The summed E-state index contributed by atoms with van der Waals surface area (Å²) in [5.41, 5.74) is 8.11. The fraction of sp³-hybridized carbons (Fsp3) is 0.476. The third kappa shape index (κ3) is 4.41. The first kappa shape index (κ1) is 21.3. The highest BCUT2D eigenvalue weighted by Crippen LogP contribution is 2.28. The fourth-order valence-electron chi connectivity index (χ4n) is 3.86. The van der Waals surface area contributed by atoms with E-state index >= 15 is 0 Å². The first-order valence-electron chi connectivity index (χ1n) is 10.3. The summed E-state index contributed by atoms with van der Waals surface area (Å²) >= 11 is 0. The van der Waals surface area contributed by atoms with Crippen molar-refractivity contribution >= 4 is 11.8 Å². The molecule has 4 rings (SSSR count). The van der Waals surface area contributed by atoms with Crippen molar-refractivity contribution in [1.29, 1.82) is 0 Å². The molecule has 0 aliphatic carbocycles. The van der Waals surface area contributed by atoms with Crippen LogP contribution in [-0.2, 0) is 20.7 Å². The Labute approximate surface area is 179 Å². The number of hydrogen-bond acceptors (Lipinski definition) is 9. The average molecular weight is 429 g/mol. The van der Waals surface area contributed by atoms with E-state index in [1.165, 1.54) is 18.8 Å². The summed E-state index contributed by atoms with van der Waals surface area (Å²) in [7, 11) is 0. The summed E-state index contributed by atoms with van der Waals surface area (Å²) in [4.78, 5) is 22.0. The van der Waals surface area contributed by atoms with E-state index in [0.29, 0.717) is 23.3 Å². The number of aliphatic hydroxyl groups excluding tert-OH is 2. The number of carbonyl (C=O) groups is 1. The standard InChI is InChI=1S/C21H27N5O5/c1-13(27)30-10-15-17(28)18(29)21(31-15)26-12-23-16-19(22)25(11-24-20(16)26)9-5-8-14-6-3-2-4-7-14/h2-4,6-7,12,15,17-18,21,28-29H,5,8-11,22H2,1H3/t15-,17-,18-,21-/m1/s1. The number of imidazole rings is 1. The molecule has 3 heterocycles. The van der Waals surface area contributed by atoms with Gasteiger partial charge in [-0.1, -0.05) is 30.3 Å². The van der Waals surface area contributed by atoms with E-state index < -0.39 is 30.5 Å². The van der Waals surface area contributed by atoms with Gasteiger partial charge in [-0.15, -0.1) is 0 Å². The van der Waals surface area contributed by atoms with Crippen LogP contribution in [0.1, 0.15) is 25.1 Å². The maximum absolute atomic E-state index is 11.0. The van der Waals surface area contributed by atoms with Crippen LogP contribution in [-0.4, -0.2) is 68.8 Å².